The van der Waals surface area contributed by atoms with Crippen molar-refractivity contribution in [3.8, 4) is 0 Å². The van der Waals surface area contributed by atoms with Gasteiger partial charge in [-0.25, -0.2) is 0 Å². The Morgan fingerprint density at radius 3 is 0.714 bits per heavy atom. The molecule has 0 nitrogen and oxygen atoms in total. The van der Waals surface area contributed by atoms with Crippen molar-refractivity contribution >= 4 is 116 Å². The van der Waals surface area contributed by atoms with Gasteiger partial charge in [0.05, 0.1) is 0 Å². The van der Waals surface area contributed by atoms with Crippen LogP contribution in [0.2, 0.25) is 0 Å². The van der Waals surface area contributed by atoms with E-state index in [1.165, 1.54) is 0 Å². The summed E-state index contributed by atoms with van der Waals surface area (Å²) in [5.74, 6) is 0. The molecule has 0 spiro atoms. The second-order valence-electron chi connectivity index (χ2n) is 0. The molecule has 0 fully saturated rings. The van der Waals surface area contributed by atoms with Crippen molar-refractivity contribution in [2.45, 2.75) is 0 Å². The van der Waals surface area contributed by atoms with Gasteiger partial charge in [0.15, 0.2) is 17.4 Å². The van der Waals surface area contributed by atoms with Crippen molar-refractivity contribution in [2.75, 3.05) is 0 Å². The molecule has 0 radical (unpaired) electrons. The summed E-state index contributed by atoms with van der Waals surface area (Å²) in [5.41, 5.74) is 0. The molecule has 0 aliphatic carbocycles. The van der Waals surface area contributed by atoms with Crippen LogP contribution in [0.4, 0.5) is 0 Å². The number of halogens is 4. The van der Waals surface area contributed by atoms with E-state index >= 15 is 0 Å². The van der Waals surface area contributed by atoms with Crippen LogP contribution in [0.1, 0.15) is 0 Å². The van der Waals surface area contributed by atoms with E-state index in [0.29, 0.717) is 0 Å². The predicted molar refractivity (Wildman–Crippen MR) is 55.6 cm³/mol. The van der Waals surface area contributed by atoms with Gasteiger partial charge in [0.1, 0.15) is 0 Å². The largest absolute Gasteiger partial charge is 0 e. The van der Waals surface area contributed by atoms with Crippen molar-refractivity contribution in [3.63, 3.8) is 0 Å². The van der Waals surface area contributed by atoms with Crippen LogP contribution in [0.3, 0.4) is 0 Å². The van der Waals surface area contributed by atoms with Gasteiger partial charge in [0.25, 0.3) is 0 Å². The molecule has 7 heavy (non-hydrogen) atoms. The van der Waals surface area contributed by atoms with Crippen molar-refractivity contribution in [3.05, 3.63) is 0 Å². The fourth-order valence-corrected chi connectivity index (χ4v) is 0. The summed E-state index contributed by atoms with van der Waals surface area (Å²) in [6.45, 7) is 0. The molecule has 0 aliphatic rings. The zero-order valence-corrected chi connectivity index (χ0v) is 10.1. The standard InChI is InChI=1S/Al.Ca.3ClH.HI.Zn.5H/h;;4*1H;;;;;;. The maximum Gasteiger partial charge on any atom is 0 e. The molecular weight excluding hydrogens is 366 g/mol. The summed E-state index contributed by atoms with van der Waals surface area (Å²) >= 11 is 0. The van der Waals surface area contributed by atoms with Crippen LogP contribution in [-0.4, -0.2) is 55.1 Å². The molecule has 0 aromatic rings. The van der Waals surface area contributed by atoms with E-state index in [2.05, 4.69) is 0 Å². The Labute approximate surface area is 133 Å². The summed E-state index contributed by atoms with van der Waals surface area (Å²) in [5, 5.41) is 0. The monoisotopic (exact) mass is 372 g/mol. The van der Waals surface area contributed by atoms with Gasteiger partial charge in [-0.1, -0.05) is 0 Å². The molecule has 0 amide bonds. The van der Waals surface area contributed by atoms with Crippen molar-refractivity contribution in [1.82, 2.24) is 0 Å². The first-order valence-corrected chi connectivity index (χ1v) is 0. The molecule has 0 saturated heterocycles. The molecule has 0 aromatic heterocycles. The molecule has 0 aromatic carbocycles. The fraction of sp³-hybridized carbons (Fsp3) is 0. The summed E-state index contributed by atoms with van der Waals surface area (Å²) in [6, 6.07) is 0. The maximum atomic E-state index is 0. The number of rotatable bonds is 0. The van der Waals surface area contributed by atoms with Crippen LogP contribution in [0.15, 0.2) is 0 Å². The fourth-order valence-electron chi connectivity index (χ4n) is 0. The summed E-state index contributed by atoms with van der Waals surface area (Å²) < 4.78 is 0. The second kappa shape index (κ2) is 50.5. The molecule has 0 rings (SSSR count). The van der Waals surface area contributed by atoms with Gasteiger partial charge in [-0.15, -0.1) is 61.2 Å². The van der Waals surface area contributed by atoms with Crippen LogP contribution in [0, 0.1) is 0 Å². The minimum atomic E-state index is 0. The first-order chi connectivity index (χ1) is 0. The Kier molecular flexibility index (Phi) is 494. The molecule has 0 heterocycles. The van der Waals surface area contributed by atoms with Crippen molar-refractivity contribution in [2.24, 2.45) is 0 Å². The molecule has 0 N–H and O–H groups in total. The van der Waals surface area contributed by atoms with E-state index in [-0.39, 0.29) is 136 Å². The van der Waals surface area contributed by atoms with Crippen molar-refractivity contribution in [1.29, 1.82) is 0 Å². The zero-order chi connectivity index (χ0) is 0. The molecule has 0 atom stereocenters. The van der Waals surface area contributed by atoms with E-state index in [9.17, 15) is 0 Å². The Hall–Kier alpha value is 4.02. The third-order valence-corrected chi connectivity index (χ3v) is 0. The smallest absolute Gasteiger partial charge is 0 e. The van der Waals surface area contributed by atoms with E-state index in [1.807, 2.05) is 0 Å². The Morgan fingerprint density at radius 1 is 0.714 bits per heavy atom. The van der Waals surface area contributed by atoms with Crippen LogP contribution in [-0.2, 0) is 19.5 Å². The zero-order valence-electron chi connectivity index (χ0n) is 2.34. The Bertz CT molecular complexity index is 14.9. The van der Waals surface area contributed by atoms with Crippen LogP contribution in [0.25, 0.3) is 0 Å². The molecular formula is H9AlCaCl3IZn. The van der Waals surface area contributed by atoms with E-state index in [1.54, 1.807) is 0 Å². The third-order valence-electron chi connectivity index (χ3n) is 0. The average molecular weight is 375 g/mol. The quantitative estimate of drug-likeness (QED) is 0.406. The van der Waals surface area contributed by atoms with Crippen LogP contribution >= 0.6 is 61.2 Å². The van der Waals surface area contributed by atoms with E-state index in [4.69, 9.17) is 0 Å². The minimum Gasteiger partial charge on any atom is 0 e. The normalized spacial score (nSPS) is 0. The molecule has 0 aliphatic heterocycles. The Balaban J connectivity index is 0. The summed E-state index contributed by atoms with van der Waals surface area (Å²) in [4.78, 5) is 0. The minimum absolute atomic E-state index is 0. The molecule has 7 heteroatoms. The summed E-state index contributed by atoms with van der Waals surface area (Å²) in [7, 11) is 0. The van der Waals surface area contributed by atoms with E-state index in [0.717, 1.165) is 0 Å². The van der Waals surface area contributed by atoms with Gasteiger partial charge in [0, 0.05) is 19.5 Å². The average Bonchev–Trinajstić information content (AvgIpc) is 0. The Morgan fingerprint density at radius 2 is 0.714 bits per heavy atom. The molecule has 44 valence electrons. The maximum absolute atomic E-state index is 0. The molecule has 0 saturated carbocycles. The second-order valence-corrected chi connectivity index (χ2v) is 0. The van der Waals surface area contributed by atoms with Gasteiger partial charge in [-0.05, 0) is 0 Å². The SMILES string of the molecule is Cl.Cl.Cl.I.[AlH3].[CaH2].[Zn]. The van der Waals surface area contributed by atoms with Crippen molar-refractivity contribution < 1.29 is 19.5 Å². The van der Waals surface area contributed by atoms with Gasteiger partial charge >= 0.3 is 37.7 Å². The van der Waals surface area contributed by atoms with Crippen LogP contribution in [0.5, 0.6) is 0 Å². The predicted octanol–water partition coefficient (Wildman–Crippen LogP) is -0.219. The topological polar surface area (TPSA) is 0 Å². The van der Waals surface area contributed by atoms with Gasteiger partial charge in [-0.3, -0.25) is 0 Å². The number of hydrogen-bond acceptors (Lipinski definition) is 0. The number of hydrogen-bond donors (Lipinski definition) is 0. The first kappa shape index (κ1) is 68.5. The van der Waals surface area contributed by atoms with Gasteiger partial charge in [0.2, 0.25) is 0 Å². The molecule has 0 unspecified atom stereocenters. The first-order valence-electron chi connectivity index (χ1n) is 0. The van der Waals surface area contributed by atoms with Gasteiger partial charge in [-0.2, -0.15) is 0 Å². The van der Waals surface area contributed by atoms with Gasteiger partial charge < -0.3 is 0 Å². The molecule has 0 bridgehead atoms. The van der Waals surface area contributed by atoms with E-state index < -0.39 is 0 Å². The van der Waals surface area contributed by atoms with Crippen LogP contribution < -0.4 is 0 Å². The third kappa shape index (κ3) is 39.9. The summed E-state index contributed by atoms with van der Waals surface area (Å²) in [6.07, 6.45) is 0.